The fourth-order valence-electron chi connectivity index (χ4n) is 1.39. The third kappa shape index (κ3) is 3.56. The predicted molar refractivity (Wildman–Crippen MR) is 62.0 cm³/mol. The molecule has 1 rings (SSSR count). The van der Waals surface area contributed by atoms with Crippen LogP contribution in [0, 0.1) is 5.92 Å². The van der Waals surface area contributed by atoms with E-state index in [1.54, 1.807) is 0 Å². The molecule has 0 radical (unpaired) electrons. The second-order valence-electron chi connectivity index (χ2n) is 4.11. The Morgan fingerprint density at radius 3 is 2.67 bits per heavy atom. The molecule has 2 nitrogen and oxygen atoms in total. The molecule has 0 aliphatic rings. The average Bonchev–Trinajstić information content (AvgIpc) is 2.25. The van der Waals surface area contributed by atoms with E-state index in [1.807, 2.05) is 38.1 Å². The van der Waals surface area contributed by atoms with Crippen LogP contribution in [0.25, 0.3) is 0 Å². The van der Waals surface area contributed by atoms with E-state index in [-0.39, 0.29) is 5.92 Å². The van der Waals surface area contributed by atoms with Gasteiger partial charge in [0, 0.05) is 0 Å². The fourth-order valence-corrected chi connectivity index (χ4v) is 1.39. The minimum Gasteiger partial charge on any atom is -0.494 e. The Hall–Kier alpha value is -1.02. The van der Waals surface area contributed by atoms with E-state index < -0.39 is 6.10 Å². The maximum absolute atomic E-state index is 9.89. The van der Waals surface area contributed by atoms with Crippen LogP contribution in [-0.2, 0) is 0 Å². The van der Waals surface area contributed by atoms with Gasteiger partial charge in [0.25, 0.3) is 0 Å². The van der Waals surface area contributed by atoms with Crippen molar-refractivity contribution in [2.45, 2.75) is 33.3 Å². The van der Waals surface area contributed by atoms with E-state index in [9.17, 15) is 5.11 Å². The first-order valence-electron chi connectivity index (χ1n) is 5.56. The summed E-state index contributed by atoms with van der Waals surface area (Å²) in [6.45, 7) is 6.81. The minimum atomic E-state index is -0.407. The Kier molecular flexibility index (Phi) is 4.63. The molecule has 0 saturated heterocycles. The van der Waals surface area contributed by atoms with E-state index in [2.05, 4.69) is 6.92 Å². The molecule has 1 N–H and O–H groups in total. The van der Waals surface area contributed by atoms with Crippen LogP contribution in [0.5, 0.6) is 5.75 Å². The van der Waals surface area contributed by atoms with Gasteiger partial charge in [0.15, 0.2) is 0 Å². The van der Waals surface area contributed by atoms with Crippen molar-refractivity contribution in [2.24, 2.45) is 5.92 Å². The summed E-state index contributed by atoms with van der Waals surface area (Å²) in [4.78, 5) is 0. The zero-order valence-electron chi connectivity index (χ0n) is 9.73. The second-order valence-corrected chi connectivity index (χ2v) is 4.11. The molecule has 0 heterocycles. The number of aliphatic hydroxyl groups is 1. The monoisotopic (exact) mass is 208 g/mol. The van der Waals surface area contributed by atoms with Crippen molar-refractivity contribution in [3.05, 3.63) is 29.8 Å². The van der Waals surface area contributed by atoms with Crippen LogP contribution in [0.2, 0.25) is 0 Å². The number of rotatable bonds is 5. The van der Waals surface area contributed by atoms with E-state index in [4.69, 9.17) is 4.74 Å². The molecule has 0 bridgehead atoms. The maximum Gasteiger partial charge on any atom is 0.119 e. The molecule has 84 valence electrons. The van der Waals surface area contributed by atoms with Crippen LogP contribution >= 0.6 is 0 Å². The van der Waals surface area contributed by atoms with Crippen LogP contribution in [-0.4, -0.2) is 11.7 Å². The summed E-state index contributed by atoms with van der Waals surface area (Å²) in [7, 11) is 0. The summed E-state index contributed by atoms with van der Waals surface area (Å²) in [5.74, 6) is 1.07. The lowest BCUT2D eigenvalue weighted by atomic mass is 9.99. The maximum atomic E-state index is 9.89. The molecule has 0 aliphatic heterocycles. The molecule has 1 atom stereocenters. The third-order valence-electron chi connectivity index (χ3n) is 2.30. The molecule has 2 heteroatoms. The summed E-state index contributed by atoms with van der Waals surface area (Å²) < 4.78 is 5.51. The summed E-state index contributed by atoms with van der Waals surface area (Å²) in [6.07, 6.45) is 0.590. The largest absolute Gasteiger partial charge is 0.494 e. The molecule has 0 aliphatic carbocycles. The van der Waals surface area contributed by atoms with Gasteiger partial charge < -0.3 is 9.84 Å². The van der Waals surface area contributed by atoms with E-state index in [0.717, 1.165) is 24.3 Å². The van der Waals surface area contributed by atoms with Crippen molar-refractivity contribution < 1.29 is 9.84 Å². The zero-order chi connectivity index (χ0) is 11.3. The smallest absolute Gasteiger partial charge is 0.119 e. The second kappa shape index (κ2) is 5.76. The molecule has 1 aromatic carbocycles. The molecular weight excluding hydrogens is 188 g/mol. The van der Waals surface area contributed by atoms with E-state index in [0.29, 0.717) is 0 Å². The topological polar surface area (TPSA) is 29.5 Å². The van der Waals surface area contributed by atoms with Crippen LogP contribution < -0.4 is 4.74 Å². The van der Waals surface area contributed by atoms with Crippen molar-refractivity contribution in [3.63, 3.8) is 0 Å². The first-order valence-corrected chi connectivity index (χ1v) is 5.56. The van der Waals surface area contributed by atoms with Gasteiger partial charge in [0.1, 0.15) is 5.75 Å². The summed E-state index contributed by atoms with van der Waals surface area (Å²) in [5, 5.41) is 9.89. The van der Waals surface area contributed by atoms with E-state index >= 15 is 0 Å². The van der Waals surface area contributed by atoms with Crippen molar-refractivity contribution in [1.82, 2.24) is 0 Å². The standard InChI is InChI=1S/C13H20O2/c1-4-8-15-12-7-5-6-11(9-12)13(14)10(2)3/h5-7,9-10,13-14H,4,8H2,1-3H3. The minimum absolute atomic E-state index is 0.228. The Morgan fingerprint density at radius 2 is 2.07 bits per heavy atom. The number of hydrogen-bond donors (Lipinski definition) is 1. The van der Waals surface area contributed by atoms with Crippen LogP contribution in [0.3, 0.4) is 0 Å². The highest BCUT2D eigenvalue weighted by Crippen LogP contribution is 2.24. The van der Waals surface area contributed by atoms with Gasteiger partial charge in [-0.15, -0.1) is 0 Å². The summed E-state index contributed by atoms with van der Waals surface area (Å²) in [6, 6.07) is 7.70. The lowest BCUT2D eigenvalue weighted by Gasteiger charge is -2.15. The molecule has 15 heavy (non-hydrogen) atoms. The normalized spacial score (nSPS) is 12.9. The Bertz CT molecular complexity index is 294. The van der Waals surface area contributed by atoms with Gasteiger partial charge in [0.05, 0.1) is 12.7 Å². The predicted octanol–water partition coefficient (Wildman–Crippen LogP) is 3.16. The van der Waals surface area contributed by atoms with Crippen molar-refractivity contribution in [1.29, 1.82) is 0 Å². The van der Waals surface area contributed by atoms with Crippen molar-refractivity contribution in [2.75, 3.05) is 6.61 Å². The van der Waals surface area contributed by atoms with Crippen molar-refractivity contribution >= 4 is 0 Å². The zero-order valence-corrected chi connectivity index (χ0v) is 9.73. The molecule has 0 aromatic heterocycles. The summed E-state index contributed by atoms with van der Waals surface area (Å²) >= 11 is 0. The highest BCUT2D eigenvalue weighted by molar-refractivity contribution is 5.30. The molecule has 0 amide bonds. The van der Waals surface area contributed by atoms with Crippen LogP contribution in [0.4, 0.5) is 0 Å². The van der Waals surface area contributed by atoms with Gasteiger partial charge in [0.2, 0.25) is 0 Å². The SMILES string of the molecule is CCCOc1cccc(C(O)C(C)C)c1. The number of benzene rings is 1. The molecule has 1 unspecified atom stereocenters. The third-order valence-corrected chi connectivity index (χ3v) is 2.30. The lowest BCUT2D eigenvalue weighted by molar-refractivity contribution is 0.126. The Balaban J connectivity index is 2.73. The lowest BCUT2D eigenvalue weighted by Crippen LogP contribution is -2.05. The molecule has 1 aromatic rings. The van der Waals surface area contributed by atoms with Gasteiger partial charge in [-0.25, -0.2) is 0 Å². The van der Waals surface area contributed by atoms with Crippen LogP contribution in [0.1, 0.15) is 38.9 Å². The number of ether oxygens (including phenoxy) is 1. The number of aliphatic hydroxyl groups excluding tert-OH is 1. The Labute approximate surface area is 91.9 Å². The Morgan fingerprint density at radius 1 is 1.33 bits per heavy atom. The van der Waals surface area contributed by atoms with Gasteiger partial charge in [-0.2, -0.15) is 0 Å². The number of hydrogen-bond acceptors (Lipinski definition) is 2. The van der Waals surface area contributed by atoms with Crippen LogP contribution in [0.15, 0.2) is 24.3 Å². The highest BCUT2D eigenvalue weighted by Gasteiger charge is 2.12. The fraction of sp³-hybridized carbons (Fsp3) is 0.538. The van der Waals surface area contributed by atoms with Gasteiger partial charge in [-0.1, -0.05) is 32.9 Å². The highest BCUT2D eigenvalue weighted by atomic mass is 16.5. The molecule has 0 spiro atoms. The van der Waals surface area contributed by atoms with Gasteiger partial charge >= 0.3 is 0 Å². The van der Waals surface area contributed by atoms with E-state index in [1.165, 1.54) is 0 Å². The molecular formula is C13H20O2. The first kappa shape index (κ1) is 12.1. The van der Waals surface area contributed by atoms with Gasteiger partial charge in [-0.3, -0.25) is 0 Å². The summed E-state index contributed by atoms with van der Waals surface area (Å²) in [5.41, 5.74) is 0.929. The molecule has 0 fully saturated rings. The average molecular weight is 208 g/mol. The van der Waals surface area contributed by atoms with Gasteiger partial charge in [-0.05, 0) is 30.0 Å². The quantitative estimate of drug-likeness (QED) is 0.805. The first-order chi connectivity index (χ1) is 7.15. The van der Waals surface area contributed by atoms with Crippen molar-refractivity contribution in [3.8, 4) is 5.75 Å². The molecule has 0 saturated carbocycles.